The van der Waals surface area contributed by atoms with E-state index in [0.29, 0.717) is 16.7 Å². The van der Waals surface area contributed by atoms with E-state index in [4.69, 9.17) is 4.52 Å². The predicted octanol–water partition coefficient (Wildman–Crippen LogP) is 4.16. The number of benzene rings is 1. The van der Waals surface area contributed by atoms with Crippen molar-refractivity contribution < 1.29 is 13.3 Å². The van der Waals surface area contributed by atoms with Gasteiger partial charge in [0, 0.05) is 7.05 Å². The molecular weight excluding hydrogens is 380 g/mol. The summed E-state index contributed by atoms with van der Waals surface area (Å²) >= 11 is 2.96. The molecule has 0 fully saturated rings. The number of rotatable bonds is 5. The van der Waals surface area contributed by atoms with Crippen molar-refractivity contribution in [1.29, 1.82) is 0 Å². The van der Waals surface area contributed by atoms with Crippen LogP contribution in [0.2, 0.25) is 0 Å². The predicted molar refractivity (Wildman–Crippen MR) is 93.5 cm³/mol. The highest BCUT2D eigenvalue weighted by Crippen LogP contribution is 2.28. The quantitative estimate of drug-likeness (QED) is 0.476. The van der Waals surface area contributed by atoms with E-state index < -0.39 is 11.6 Å². The van der Waals surface area contributed by atoms with Gasteiger partial charge in [0.15, 0.2) is 16.8 Å². The largest absolute Gasteiger partial charge is 0.334 e. The summed E-state index contributed by atoms with van der Waals surface area (Å²) in [4.78, 5) is 5.15. The Morgan fingerprint density at radius 1 is 1.23 bits per heavy atom. The molecule has 0 spiro atoms. The smallest absolute Gasteiger partial charge is 0.261 e. The van der Waals surface area contributed by atoms with Crippen LogP contribution in [0, 0.1) is 11.6 Å². The van der Waals surface area contributed by atoms with Crippen LogP contribution < -0.4 is 0 Å². The summed E-state index contributed by atoms with van der Waals surface area (Å²) in [5.41, 5.74) is -0.0626. The van der Waals surface area contributed by atoms with Gasteiger partial charge in [0.2, 0.25) is 0 Å². The molecule has 0 aliphatic heterocycles. The van der Waals surface area contributed by atoms with Crippen LogP contribution in [0.3, 0.4) is 0 Å². The van der Waals surface area contributed by atoms with E-state index in [9.17, 15) is 8.78 Å². The van der Waals surface area contributed by atoms with Gasteiger partial charge in [-0.25, -0.2) is 8.78 Å². The Morgan fingerprint density at radius 3 is 2.92 bits per heavy atom. The third kappa shape index (κ3) is 3.25. The second-order valence-electron chi connectivity index (χ2n) is 5.27. The molecule has 0 radical (unpaired) electrons. The summed E-state index contributed by atoms with van der Waals surface area (Å²) in [5, 5.41) is 14.8. The Kier molecular flexibility index (Phi) is 4.51. The van der Waals surface area contributed by atoms with Crippen LogP contribution in [0.4, 0.5) is 8.78 Å². The zero-order valence-corrected chi connectivity index (χ0v) is 15.0. The first kappa shape index (κ1) is 16.9. The van der Waals surface area contributed by atoms with Gasteiger partial charge in [0.1, 0.15) is 11.6 Å². The SMILES string of the molecule is Cn1c(SCc2noc(-c3cc(F)ccc3F)n2)nnc1-c1cccs1. The van der Waals surface area contributed by atoms with Crippen LogP contribution in [-0.2, 0) is 12.8 Å². The number of thioether (sulfide) groups is 1. The maximum atomic E-state index is 13.8. The summed E-state index contributed by atoms with van der Waals surface area (Å²) in [5.74, 6) is 0.234. The zero-order valence-electron chi connectivity index (χ0n) is 13.4. The minimum absolute atomic E-state index is 0.0603. The standard InChI is InChI=1S/C16H11F2N5OS2/c1-23-14(12-3-2-6-25-12)20-21-16(23)26-8-13-19-15(24-22-13)10-7-9(17)4-5-11(10)18/h2-7H,8H2,1H3. The lowest BCUT2D eigenvalue weighted by molar-refractivity contribution is 0.422. The first-order valence-corrected chi connectivity index (χ1v) is 9.32. The summed E-state index contributed by atoms with van der Waals surface area (Å²) in [6.07, 6.45) is 0. The van der Waals surface area contributed by atoms with Gasteiger partial charge in [-0.1, -0.05) is 23.0 Å². The summed E-state index contributed by atoms with van der Waals surface area (Å²) in [6.45, 7) is 0. The topological polar surface area (TPSA) is 69.6 Å². The van der Waals surface area contributed by atoms with Gasteiger partial charge in [-0.15, -0.1) is 21.5 Å². The number of halogens is 2. The van der Waals surface area contributed by atoms with E-state index in [2.05, 4.69) is 20.3 Å². The van der Waals surface area contributed by atoms with E-state index >= 15 is 0 Å². The highest BCUT2D eigenvalue weighted by atomic mass is 32.2. The Balaban J connectivity index is 1.50. The number of aromatic nitrogens is 5. The van der Waals surface area contributed by atoms with Gasteiger partial charge in [-0.2, -0.15) is 4.98 Å². The minimum atomic E-state index is -0.622. The van der Waals surface area contributed by atoms with Gasteiger partial charge in [-0.05, 0) is 29.6 Å². The van der Waals surface area contributed by atoms with Gasteiger partial charge < -0.3 is 9.09 Å². The Hall–Kier alpha value is -2.59. The third-order valence-electron chi connectivity index (χ3n) is 3.53. The third-order valence-corrected chi connectivity index (χ3v) is 5.42. The fourth-order valence-corrected chi connectivity index (χ4v) is 3.77. The van der Waals surface area contributed by atoms with Gasteiger partial charge >= 0.3 is 0 Å². The number of nitrogens with zero attached hydrogens (tertiary/aromatic N) is 5. The van der Waals surface area contributed by atoms with E-state index in [-0.39, 0.29) is 11.5 Å². The van der Waals surface area contributed by atoms with Crippen molar-refractivity contribution in [2.45, 2.75) is 10.9 Å². The lowest BCUT2D eigenvalue weighted by Crippen LogP contribution is -1.94. The van der Waals surface area contributed by atoms with Crippen molar-refractivity contribution in [2.24, 2.45) is 7.05 Å². The highest BCUT2D eigenvalue weighted by molar-refractivity contribution is 7.98. The molecule has 0 atom stereocenters. The number of thiophene rings is 1. The minimum Gasteiger partial charge on any atom is -0.334 e. The first-order chi connectivity index (χ1) is 12.6. The molecule has 26 heavy (non-hydrogen) atoms. The van der Waals surface area contributed by atoms with Crippen molar-refractivity contribution in [2.75, 3.05) is 0 Å². The lowest BCUT2D eigenvalue weighted by Gasteiger charge is -2.00. The molecule has 0 aliphatic rings. The van der Waals surface area contributed by atoms with Crippen LogP contribution in [0.1, 0.15) is 5.82 Å². The van der Waals surface area contributed by atoms with Crippen LogP contribution >= 0.6 is 23.1 Å². The molecule has 0 N–H and O–H groups in total. The van der Waals surface area contributed by atoms with Crippen LogP contribution in [0.25, 0.3) is 22.2 Å². The second kappa shape index (κ2) is 6.96. The molecule has 0 amide bonds. The summed E-state index contributed by atoms with van der Waals surface area (Å²) in [6, 6.07) is 7.01. The molecule has 6 nitrogen and oxygen atoms in total. The maximum Gasteiger partial charge on any atom is 0.261 e. The zero-order chi connectivity index (χ0) is 18.1. The monoisotopic (exact) mass is 391 g/mol. The fraction of sp³-hybridized carbons (Fsp3) is 0.125. The molecule has 3 heterocycles. The van der Waals surface area contributed by atoms with Gasteiger partial charge in [0.05, 0.1) is 16.2 Å². The van der Waals surface area contributed by atoms with Crippen molar-refractivity contribution in [3.05, 3.63) is 53.2 Å². The summed E-state index contributed by atoms with van der Waals surface area (Å²) in [7, 11) is 1.88. The Labute approximate surface area is 154 Å². The van der Waals surface area contributed by atoms with Crippen molar-refractivity contribution >= 4 is 23.1 Å². The van der Waals surface area contributed by atoms with Gasteiger partial charge in [0.25, 0.3) is 5.89 Å². The average Bonchev–Trinajstić information content (AvgIpc) is 3.36. The number of hydrogen-bond donors (Lipinski definition) is 0. The molecule has 4 rings (SSSR count). The van der Waals surface area contributed by atoms with Crippen LogP contribution in [0.15, 0.2) is 45.4 Å². The van der Waals surface area contributed by atoms with E-state index in [1.165, 1.54) is 11.8 Å². The number of hydrogen-bond acceptors (Lipinski definition) is 7. The van der Waals surface area contributed by atoms with E-state index in [0.717, 1.165) is 28.9 Å². The Morgan fingerprint density at radius 2 is 2.12 bits per heavy atom. The molecule has 10 heteroatoms. The Bertz CT molecular complexity index is 1050. The van der Waals surface area contributed by atoms with Crippen molar-refractivity contribution in [1.82, 2.24) is 24.9 Å². The molecule has 132 valence electrons. The summed E-state index contributed by atoms with van der Waals surface area (Å²) < 4.78 is 34.0. The molecule has 1 aromatic carbocycles. The van der Waals surface area contributed by atoms with Gasteiger partial charge in [-0.3, -0.25) is 0 Å². The van der Waals surface area contributed by atoms with Crippen molar-refractivity contribution in [3.8, 4) is 22.2 Å². The lowest BCUT2D eigenvalue weighted by atomic mass is 10.2. The fourth-order valence-electron chi connectivity index (χ4n) is 2.27. The van der Waals surface area contributed by atoms with Crippen LogP contribution in [0.5, 0.6) is 0 Å². The molecule has 0 unspecified atom stereocenters. The van der Waals surface area contributed by atoms with Crippen molar-refractivity contribution in [3.63, 3.8) is 0 Å². The molecule has 0 saturated heterocycles. The average molecular weight is 391 g/mol. The normalized spacial score (nSPS) is 11.2. The highest BCUT2D eigenvalue weighted by Gasteiger charge is 2.16. The molecule has 0 aliphatic carbocycles. The molecule has 0 bridgehead atoms. The molecule has 3 aromatic heterocycles. The van der Waals surface area contributed by atoms with E-state index in [1.54, 1.807) is 11.3 Å². The van der Waals surface area contributed by atoms with E-state index in [1.807, 2.05) is 29.1 Å². The first-order valence-electron chi connectivity index (χ1n) is 7.46. The molecule has 4 aromatic rings. The van der Waals surface area contributed by atoms with Crippen LogP contribution in [-0.4, -0.2) is 24.9 Å². The molecule has 0 saturated carbocycles. The maximum absolute atomic E-state index is 13.8. The molecular formula is C16H11F2N5OS2. The second-order valence-corrected chi connectivity index (χ2v) is 7.16.